The van der Waals surface area contributed by atoms with E-state index < -0.39 is 17.7 Å². The van der Waals surface area contributed by atoms with E-state index in [1.54, 1.807) is 34.9 Å². The molecule has 7 nitrogen and oxygen atoms in total. The average molecular weight is 437 g/mol. The number of nitriles is 1. The third-order valence-corrected chi connectivity index (χ3v) is 5.23. The van der Waals surface area contributed by atoms with Crippen molar-refractivity contribution in [1.29, 1.82) is 5.26 Å². The zero-order chi connectivity index (χ0) is 22.7. The first-order valence-corrected chi connectivity index (χ1v) is 10.2. The molecule has 1 amide bonds. The molecule has 0 spiro atoms. The largest absolute Gasteiger partial charge is 0.426 e. The van der Waals surface area contributed by atoms with Gasteiger partial charge in [0.1, 0.15) is 11.6 Å². The highest BCUT2D eigenvalue weighted by Crippen LogP contribution is 2.31. The van der Waals surface area contributed by atoms with E-state index in [0.717, 1.165) is 22.9 Å². The number of carbonyl (C=O) groups is 1. The van der Waals surface area contributed by atoms with Gasteiger partial charge in [0.15, 0.2) is 0 Å². The Kier molecular flexibility index (Phi) is 6.14. The van der Waals surface area contributed by atoms with Crippen LogP contribution in [0.5, 0.6) is 0 Å². The van der Waals surface area contributed by atoms with Crippen LogP contribution in [-0.4, -0.2) is 34.0 Å². The second-order valence-electron chi connectivity index (χ2n) is 7.38. The molecule has 0 atom stereocenters. The van der Waals surface area contributed by atoms with Crippen LogP contribution in [0.3, 0.4) is 0 Å². The van der Waals surface area contributed by atoms with E-state index in [0.29, 0.717) is 42.9 Å². The molecule has 0 saturated heterocycles. The smallest absolute Gasteiger partial charge is 0.351 e. The summed E-state index contributed by atoms with van der Waals surface area (Å²) < 4.78 is 29.3. The number of carbonyl (C=O) groups excluding carboxylic acids is 1. The Balaban J connectivity index is 1.72. The Hall–Kier alpha value is -3.77. The summed E-state index contributed by atoms with van der Waals surface area (Å²) in [4.78, 5) is 17.2. The molecule has 3 aromatic rings. The molecule has 1 aromatic heterocycles. The lowest BCUT2D eigenvalue weighted by Crippen LogP contribution is -2.37. The lowest BCUT2D eigenvalue weighted by Gasteiger charge is -2.26. The molecular weight excluding hydrogens is 416 g/mol. The van der Waals surface area contributed by atoms with Crippen LogP contribution in [0.2, 0.25) is 0 Å². The van der Waals surface area contributed by atoms with Gasteiger partial charge < -0.3 is 10.2 Å². The SMILES string of the molecule is CCNC(=O)ON1CCc2c(c(-c3cccc(C#N)c3)nn2Cc2ccc(F)cc2F)C1. The molecule has 2 heterocycles. The summed E-state index contributed by atoms with van der Waals surface area (Å²) >= 11 is 0. The lowest BCUT2D eigenvalue weighted by atomic mass is 10.0. The van der Waals surface area contributed by atoms with E-state index in [9.17, 15) is 18.8 Å². The second-order valence-corrected chi connectivity index (χ2v) is 7.38. The van der Waals surface area contributed by atoms with Crippen LogP contribution in [-0.2, 0) is 24.3 Å². The van der Waals surface area contributed by atoms with Crippen LogP contribution in [0.15, 0.2) is 42.5 Å². The number of halogens is 2. The van der Waals surface area contributed by atoms with Crippen molar-refractivity contribution in [2.75, 3.05) is 13.1 Å². The van der Waals surface area contributed by atoms with Crippen LogP contribution in [0.1, 0.15) is 29.3 Å². The van der Waals surface area contributed by atoms with Crippen molar-refractivity contribution >= 4 is 6.09 Å². The molecule has 0 saturated carbocycles. The summed E-state index contributed by atoms with van der Waals surface area (Å²) in [6, 6.07) is 12.6. The van der Waals surface area contributed by atoms with Gasteiger partial charge in [0.25, 0.3) is 0 Å². The molecule has 0 bridgehead atoms. The van der Waals surface area contributed by atoms with Crippen molar-refractivity contribution in [2.45, 2.75) is 26.4 Å². The normalized spacial score (nSPS) is 13.3. The number of nitrogens with one attached hydrogen (secondary N) is 1. The van der Waals surface area contributed by atoms with E-state index >= 15 is 0 Å². The van der Waals surface area contributed by atoms with Crippen LogP contribution in [0, 0.1) is 23.0 Å². The molecule has 4 rings (SSSR count). The maximum Gasteiger partial charge on any atom is 0.426 e. The molecule has 1 aliphatic rings. The van der Waals surface area contributed by atoms with E-state index in [2.05, 4.69) is 11.4 Å². The average Bonchev–Trinajstić information content (AvgIpc) is 3.13. The third kappa shape index (κ3) is 4.45. The molecule has 9 heteroatoms. The Morgan fingerprint density at radius 2 is 2.12 bits per heavy atom. The van der Waals surface area contributed by atoms with Crippen LogP contribution >= 0.6 is 0 Å². The van der Waals surface area contributed by atoms with Gasteiger partial charge in [0.05, 0.1) is 30.4 Å². The molecule has 0 radical (unpaired) electrons. The monoisotopic (exact) mass is 437 g/mol. The zero-order valence-electron chi connectivity index (χ0n) is 17.4. The van der Waals surface area contributed by atoms with Crippen molar-refractivity contribution in [3.8, 4) is 17.3 Å². The van der Waals surface area contributed by atoms with Gasteiger partial charge in [-0.25, -0.2) is 13.6 Å². The minimum atomic E-state index is -0.640. The van der Waals surface area contributed by atoms with Gasteiger partial charge in [0, 0.05) is 48.0 Å². The first-order valence-electron chi connectivity index (χ1n) is 10.2. The summed E-state index contributed by atoms with van der Waals surface area (Å²) in [7, 11) is 0. The van der Waals surface area contributed by atoms with E-state index in [4.69, 9.17) is 9.94 Å². The Morgan fingerprint density at radius 1 is 1.28 bits per heavy atom. The highest BCUT2D eigenvalue weighted by Gasteiger charge is 2.28. The van der Waals surface area contributed by atoms with Gasteiger partial charge >= 0.3 is 6.09 Å². The predicted octanol–water partition coefficient (Wildman–Crippen LogP) is 3.77. The Morgan fingerprint density at radius 3 is 2.88 bits per heavy atom. The number of amides is 1. The van der Waals surface area contributed by atoms with Crippen molar-refractivity contribution < 1.29 is 18.4 Å². The zero-order valence-corrected chi connectivity index (χ0v) is 17.4. The summed E-state index contributed by atoms with van der Waals surface area (Å²) in [5, 5.41) is 18.1. The fraction of sp³-hybridized carbons (Fsp3) is 0.261. The Bertz CT molecular complexity index is 1200. The van der Waals surface area contributed by atoms with Gasteiger partial charge in [0.2, 0.25) is 0 Å². The van der Waals surface area contributed by atoms with Gasteiger partial charge in [-0.05, 0) is 25.1 Å². The summed E-state index contributed by atoms with van der Waals surface area (Å²) in [6.07, 6.45) is -0.0209. The number of nitrogens with zero attached hydrogens (tertiary/aromatic N) is 4. The van der Waals surface area contributed by atoms with E-state index in [1.807, 2.05) is 6.07 Å². The number of aromatic nitrogens is 2. The van der Waals surface area contributed by atoms with Crippen molar-refractivity contribution in [3.05, 3.63) is 76.5 Å². The van der Waals surface area contributed by atoms with E-state index in [1.165, 1.54) is 12.1 Å². The number of hydrogen-bond acceptors (Lipinski definition) is 5. The molecule has 0 fully saturated rings. The van der Waals surface area contributed by atoms with Crippen molar-refractivity contribution in [2.24, 2.45) is 0 Å². The second kappa shape index (κ2) is 9.16. The fourth-order valence-corrected chi connectivity index (χ4v) is 3.75. The number of benzene rings is 2. The van der Waals surface area contributed by atoms with Gasteiger partial charge in [-0.1, -0.05) is 18.2 Å². The maximum atomic E-state index is 14.3. The quantitative estimate of drug-likeness (QED) is 0.657. The molecule has 0 unspecified atom stereocenters. The van der Waals surface area contributed by atoms with Crippen molar-refractivity contribution in [1.82, 2.24) is 20.2 Å². The standard InChI is InChI=1S/C23H21F2N5O2/c1-2-27-23(31)32-29-9-8-21-19(14-29)22(16-5-3-4-15(10-16)12-26)28-30(21)13-17-6-7-18(24)11-20(17)25/h3-7,10-11H,2,8-9,13-14H2,1H3,(H,27,31). The molecule has 0 aliphatic carbocycles. The topological polar surface area (TPSA) is 83.2 Å². The Labute approximate surface area is 183 Å². The first-order chi connectivity index (χ1) is 15.5. The highest BCUT2D eigenvalue weighted by molar-refractivity contribution is 5.68. The fourth-order valence-electron chi connectivity index (χ4n) is 3.75. The molecule has 164 valence electrons. The van der Waals surface area contributed by atoms with Gasteiger partial charge in [-0.15, -0.1) is 5.06 Å². The first kappa shape index (κ1) is 21.5. The molecular formula is C23H21F2N5O2. The minimum absolute atomic E-state index is 0.129. The summed E-state index contributed by atoms with van der Waals surface area (Å²) in [5.41, 5.74) is 3.87. The van der Waals surface area contributed by atoms with Gasteiger partial charge in [-0.3, -0.25) is 4.68 Å². The van der Waals surface area contributed by atoms with Gasteiger partial charge in [-0.2, -0.15) is 10.4 Å². The minimum Gasteiger partial charge on any atom is -0.351 e. The maximum absolute atomic E-state index is 14.3. The van der Waals surface area contributed by atoms with Crippen LogP contribution in [0.25, 0.3) is 11.3 Å². The summed E-state index contributed by atoms with van der Waals surface area (Å²) in [6.45, 7) is 3.12. The highest BCUT2D eigenvalue weighted by atomic mass is 19.1. The van der Waals surface area contributed by atoms with E-state index in [-0.39, 0.29) is 6.54 Å². The molecule has 1 N–H and O–H groups in total. The third-order valence-electron chi connectivity index (χ3n) is 5.23. The molecule has 32 heavy (non-hydrogen) atoms. The predicted molar refractivity (Wildman–Crippen MR) is 112 cm³/mol. The van der Waals surface area contributed by atoms with Crippen LogP contribution < -0.4 is 5.32 Å². The van der Waals surface area contributed by atoms with Crippen LogP contribution in [0.4, 0.5) is 13.6 Å². The van der Waals surface area contributed by atoms with Crippen molar-refractivity contribution in [3.63, 3.8) is 0 Å². The number of hydrogen-bond donors (Lipinski definition) is 1. The molecule has 1 aliphatic heterocycles. The summed E-state index contributed by atoms with van der Waals surface area (Å²) in [5.74, 6) is -1.28. The lowest BCUT2D eigenvalue weighted by molar-refractivity contribution is -0.111. The number of rotatable bonds is 5. The number of hydroxylamine groups is 2. The molecule has 2 aromatic carbocycles. The number of fused-ring (bicyclic) bond motifs is 1.